The van der Waals surface area contributed by atoms with Crippen LogP contribution in [0.4, 0.5) is 0 Å². The Balaban J connectivity index is 2.48. The monoisotopic (exact) mass is 291 g/mol. The lowest BCUT2D eigenvalue weighted by molar-refractivity contribution is 0.354. The van der Waals surface area contributed by atoms with Gasteiger partial charge in [0.25, 0.3) is 0 Å². The van der Waals surface area contributed by atoms with Gasteiger partial charge < -0.3 is 14.8 Å². The van der Waals surface area contributed by atoms with E-state index in [9.17, 15) is 0 Å². The lowest BCUT2D eigenvalue weighted by Gasteiger charge is -2.21. The van der Waals surface area contributed by atoms with Gasteiger partial charge in [-0.15, -0.1) is 0 Å². The molecule has 2 aromatic rings. The fraction of sp³-hybridized carbons (Fsp3) is 0.375. The highest BCUT2D eigenvalue weighted by Crippen LogP contribution is 2.35. The van der Waals surface area contributed by atoms with E-state index in [-0.39, 0.29) is 6.04 Å². The molecule has 0 aliphatic heterocycles. The fourth-order valence-corrected chi connectivity index (χ4v) is 3.04. The Hall–Kier alpha value is -1.52. The molecular formula is C16H21NO2S. The number of hydrogen-bond acceptors (Lipinski definition) is 4. The molecule has 20 heavy (non-hydrogen) atoms. The summed E-state index contributed by atoms with van der Waals surface area (Å²) in [6.07, 6.45) is 0. The number of ether oxygens (including phenoxy) is 2. The van der Waals surface area contributed by atoms with Crippen LogP contribution in [0.15, 0.2) is 29.0 Å². The summed E-state index contributed by atoms with van der Waals surface area (Å²) in [7, 11) is 3.33. The van der Waals surface area contributed by atoms with Crippen LogP contribution in [-0.2, 0) is 0 Å². The second-order valence-corrected chi connectivity index (χ2v) is 5.39. The Morgan fingerprint density at radius 1 is 1.20 bits per heavy atom. The van der Waals surface area contributed by atoms with Crippen LogP contribution in [0.3, 0.4) is 0 Å². The van der Waals surface area contributed by atoms with Crippen LogP contribution < -0.4 is 14.8 Å². The number of methoxy groups -OCH3 is 2. The summed E-state index contributed by atoms with van der Waals surface area (Å²) in [5.41, 5.74) is 3.70. The smallest absolute Gasteiger partial charge is 0.161 e. The van der Waals surface area contributed by atoms with Crippen LogP contribution in [0.25, 0.3) is 0 Å². The van der Waals surface area contributed by atoms with E-state index in [0.717, 1.165) is 18.0 Å². The van der Waals surface area contributed by atoms with Gasteiger partial charge in [-0.05, 0) is 59.1 Å². The molecule has 1 heterocycles. The van der Waals surface area contributed by atoms with E-state index < -0.39 is 0 Å². The van der Waals surface area contributed by atoms with Gasteiger partial charge in [0, 0.05) is 0 Å². The Kier molecular flexibility index (Phi) is 5.04. The number of nitrogens with one attached hydrogen (secondary N) is 1. The Bertz CT molecular complexity index is 552. The molecule has 1 N–H and O–H groups in total. The molecule has 1 atom stereocenters. The normalized spacial score (nSPS) is 12.2. The van der Waals surface area contributed by atoms with Gasteiger partial charge in [-0.1, -0.05) is 6.92 Å². The highest BCUT2D eigenvalue weighted by molar-refractivity contribution is 7.08. The van der Waals surface area contributed by atoms with Crippen molar-refractivity contribution < 1.29 is 9.47 Å². The topological polar surface area (TPSA) is 30.5 Å². The largest absolute Gasteiger partial charge is 0.493 e. The summed E-state index contributed by atoms with van der Waals surface area (Å²) in [6.45, 7) is 5.14. The van der Waals surface area contributed by atoms with Crippen molar-refractivity contribution in [3.63, 3.8) is 0 Å². The molecule has 108 valence electrons. The van der Waals surface area contributed by atoms with E-state index in [1.54, 1.807) is 25.6 Å². The lowest BCUT2D eigenvalue weighted by Crippen LogP contribution is -2.22. The highest BCUT2D eigenvalue weighted by atomic mass is 32.1. The first-order chi connectivity index (χ1) is 9.71. The van der Waals surface area contributed by atoms with Crippen LogP contribution in [0.2, 0.25) is 0 Å². The molecule has 0 saturated heterocycles. The predicted molar refractivity (Wildman–Crippen MR) is 84.1 cm³/mol. The van der Waals surface area contributed by atoms with Gasteiger partial charge in [-0.2, -0.15) is 11.3 Å². The van der Waals surface area contributed by atoms with Crippen molar-refractivity contribution >= 4 is 11.3 Å². The van der Waals surface area contributed by atoms with E-state index in [1.165, 1.54) is 16.7 Å². The SMILES string of the molecule is CCNC(c1ccsc1)c1cc(OC)c(OC)cc1C. The summed E-state index contributed by atoms with van der Waals surface area (Å²) in [5, 5.41) is 7.83. The Labute approximate surface area is 124 Å². The van der Waals surface area contributed by atoms with Gasteiger partial charge in [-0.3, -0.25) is 0 Å². The van der Waals surface area contributed by atoms with Gasteiger partial charge in [-0.25, -0.2) is 0 Å². The summed E-state index contributed by atoms with van der Waals surface area (Å²) < 4.78 is 10.8. The predicted octanol–water partition coefficient (Wildman–Crippen LogP) is 3.77. The molecule has 0 saturated carbocycles. The summed E-state index contributed by atoms with van der Waals surface area (Å²) >= 11 is 1.72. The minimum atomic E-state index is 0.186. The molecule has 0 bridgehead atoms. The Morgan fingerprint density at radius 2 is 1.90 bits per heavy atom. The zero-order valence-electron chi connectivity index (χ0n) is 12.4. The van der Waals surface area contributed by atoms with Gasteiger partial charge >= 0.3 is 0 Å². The first kappa shape index (κ1) is 14.9. The molecule has 1 aromatic carbocycles. The number of thiophene rings is 1. The average Bonchev–Trinajstić information content (AvgIpc) is 2.98. The van der Waals surface area contributed by atoms with Crippen molar-refractivity contribution in [2.24, 2.45) is 0 Å². The molecule has 2 rings (SSSR count). The molecule has 4 heteroatoms. The second-order valence-electron chi connectivity index (χ2n) is 4.61. The molecule has 1 aromatic heterocycles. The Morgan fingerprint density at radius 3 is 2.45 bits per heavy atom. The highest BCUT2D eigenvalue weighted by Gasteiger charge is 2.18. The fourth-order valence-electron chi connectivity index (χ4n) is 2.36. The molecule has 0 amide bonds. The van der Waals surface area contributed by atoms with Gasteiger partial charge in [0.15, 0.2) is 11.5 Å². The molecule has 3 nitrogen and oxygen atoms in total. The van der Waals surface area contributed by atoms with Crippen LogP contribution in [0.5, 0.6) is 11.5 Å². The minimum absolute atomic E-state index is 0.186. The maximum atomic E-state index is 5.43. The zero-order valence-corrected chi connectivity index (χ0v) is 13.2. The van der Waals surface area contributed by atoms with Gasteiger partial charge in [0.1, 0.15) is 0 Å². The third-order valence-corrected chi connectivity index (χ3v) is 4.07. The molecule has 0 fully saturated rings. The molecule has 0 aliphatic carbocycles. The van der Waals surface area contributed by atoms with Crippen LogP contribution in [-0.4, -0.2) is 20.8 Å². The second kappa shape index (κ2) is 6.77. The van der Waals surface area contributed by atoms with Crippen molar-refractivity contribution in [1.82, 2.24) is 5.32 Å². The number of hydrogen-bond donors (Lipinski definition) is 1. The van der Waals surface area contributed by atoms with Gasteiger partial charge in [0.2, 0.25) is 0 Å². The third kappa shape index (κ3) is 2.97. The average molecular weight is 291 g/mol. The summed E-state index contributed by atoms with van der Waals surface area (Å²) in [4.78, 5) is 0. The first-order valence-corrected chi connectivity index (χ1v) is 7.63. The molecule has 0 spiro atoms. The maximum Gasteiger partial charge on any atom is 0.161 e. The van der Waals surface area contributed by atoms with Crippen molar-refractivity contribution in [2.45, 2.75) is 19.9 Å². The maximum absolute atomic E-state index is 5.43. The van der Waals surface area contributed by atoms with Crippen molar-refractivity contribution in [1.29, 1.82) is 0 Å². The molecular weight excluding hydrogens is 270 g/mol. The minimum Gasteiger partial charge on any atom is -0.493 e. The first-order valence-electron chi connectivity index (χ1n) is 6.69. The quantitative estimate of drug-likeness (QED) is 0.878. The molecule has 0 aliphatic rings. The van der Waals surface area contributed by atoms with E-state index in [1.807, 2.05) is 6.07 Å². The summed E-state index contributed by atoms with van der Waals surface area (Å²) in [6, 6.07) is 6.45. The van der Waals surface area contributed by atoms with Crippen LogP contribution in [0, 0.1) is 6.92 Å². The van der Waals surface area contributed by atoms with Crippen LogP contribution >= 0.6 is 11.3 Å². The van der Waals surface area contributed by atoms with E-state index >= 15 is 0 Å². The standard InChI is InChI=1S/C16H21NO2S/c1-5-17-16(12-6-7-20-10-12)13-9-15(19-4)14(18-3)8-11(13)2/h6-10,16-17H,5H2,1-4H3. The zero-order chi connectivity index (χ0) is 14.5. The molecule has 1 unspecified atom stereocenters. The van der Waals surface area contributed by atoms with Crippen LogP contribution in [0.1, 0.15) is 29.7 Å². The van der Waals surface area contributed by atoms with Crippen molar-refractivity contribution in [3.05, 3.63) is 45.6 Å². The molecule has 0 radical (unpaired) electrons. The number of rotatable bonds is 6. The van der Waals surface area contributed by atoms with Crippen molar-refractivity contribution in [3.8, 4) is 11.5 Å². The lowest BCUT2D eigenvalue weighted by atomic mass is 9.96. The van der Waals surface area contributed by atoms with Crippen molar-refractivity contribution in [2.75, 3.05) is 20.8 Å². The third-order valence-electron chi connectivity index (χ3n) is 3.37. The summed E-state index contributed by atoms with van der Waals surface area (Å²) in [5.74, 6) is 1.54. The van der Waals surface area contributed by atoms with E-state index in [0.29, 0.717) is 0 Å². The van der Waals surface area contributed by atoms with E-state index in [2.05, 4.69) is 42.1 Å². The van der Waals surface area contributed by atoms with Gasteiger partial charge in [0.05, 0.1) is 20.3 Å². The number of aryl methyl sites for hydroxylation is 1. The van der Waals surface area contributed by atoms with E-state index in [4.69, 9.17) is 9.47 Å². The number of benzene rings is 1.